The molecule has 1 atom stereocenters. The molecule has 3 rings (SSSR count). The Labute approximate surface area is 185 Å². The van der Waals surface area contributed by atoms with E-state index in [9.17, 15) is 27.9 Å². The predicted octanol–water partition coefficient (Wildman–Crippen LogP) is -1.42. The van der Waals surface area contributed by atoms with Crippen LogP contribution in [0.5, 0.6) is 0 Å². The van der Waals surface area contributed by atoms with Crippen LogP contribution in [-0.4, -0.2) is 89.9 Å². The van der Waals surface area contributed by atoms with Crippen molar-refractivity contribution in [2.75, 3.05) is 37.6 Å². The number of fused-ring (bicyclic) bond motifs is 1. The molecule has 13 nitrogen and oxygen atoms in total. The Bertz CT molecular complexity index is 1100. The number of nitrogen functional groups attached to an aromatic ring is 1. The van der Waals surface area contributed by atoms with Crippen molar-refractivity contribution >= 4 is 61.4 Å². The molecule has 168 valence electrons. The molecular weight excluding hydrogens is 476 g/mol. The normalized spacial score (nSPS) is 19.7. The van der Waals surface area contributed by atoms with E-state index in [1.54, 1.807) is 0 Å². The van der Waals surface area contributed by atoms with Gasteiger partial charge in [0.1, 0.15) is 18.3 Å². The lowest BCUT2D eigenvalue weighted by Crippen LogP contribution is -2.46. The zero-order chi connectivity index (χ0) is 22.9. The Kier molecular flexibility index (Phi) is 6.49. The van der Waals surface area contributed by atoms with Gasteiger partial charge in [-0.1, -0.05) is 5.16 Å². The Morgan fingerprint density at radius 3 is 2.77 bits per heavy atom. The number of carboxylic acid groups (broad SMARTS) is 1. The number of hydrogen-bond acceptors (Lipinski definition) is 11. The molecule has 31 heavy (non-hydrogen) atoms. The van der Waals surface area contributed by atoms with Crippen LogP contribution in [-0.2, 0) is 29.1 Å². The maximum atomic E-state index is 12.8. The average molecular weight is 493 g/mol. The standard InChI is InChI=1S/C15H17ClN6O7S2/c1-31(27,28)9-5-21-4-7(13(24)22(21)11(9)14(25)26)18-12(23)10(20-29-3-2-16)8-6-30-15(17)19-8/h6-7H,2-5H2,1H3,(H2,17,19)(H,18,23)(H,25,26)/b20-10+/t7-/m0/s1. The molecule has 1 aromatic rings. The number of aromatic nitrogens is 1. The quantitative estimate of drug-likeness (QED) is 0.168. The summed E-state index contributed by atoms with van der Waals surface area (Å²) in [5, 5.41) is 19.2. The number of carboxylic acids is 1. The number of nitrogens with one attached hydrogen (secondary N) is 1. The molecule has 0 radical (unpaired) electrons. The van der Waals surface area contributed by atoms with E-state index >= 15 is 0 Å². The summed E-state index contributed by atoms with van der Waals surface area (Å²) in [7, 11) is -3.85. The zero-order valence-electron chi connectivity index (χ0n) is 15.9. The summed E-state index contributed by atoms with van der Waals surface area (Å²) in [5.41, 5.74) is 4.80. The van der Waals surface area contributed by atoms with Crippen molar-refractivity contribution in [3.05, 3.63) is 21.7 Å². The van der Waals surface area contributed by atoms with Gasteiger partial charge in [0.05, 0.1) is 17.3 Å². The van der Waals surface area contributed by atoms with Crippen molar-refractivity contribution in [1.82, 2.24) is 20.3 Å². The van der Waals surface area contributed by atoms with Crippen LogP contribution in [0.3, 0.4) is 0 Å². The molecule has 2 amide bonds. The molecule has 16 heteroatoms. The number of hydrogen-bond donors (Lipinski definition) is 3. The van der Waals surface area contributed by atoms with Gasteiger partial charge in [-0.3, -0.25) is 9.59 Å². The van der Waals surface area contributed by atoms with E-state index in [1.807, 2.05) is 0 Å². The number of oxime groups is 1. The maximum absolute atomic E-state index is 12.8. The fraction of sp³-hybridized carbons (Fsp3) is 0.400. The first-order valence-corrected chi connectivity index (χ1v) is 11.9. The second-order valence-corrected chi connectivity index (χ2v) is 9.71. The lowest BCUT2D eigenvalue weighted by molar-refractivity contribution is -0.143. The van der Waals surface area contributed by atoms with E-state index in [-0.39, 0.29) is 47.0 Å². The van der Waals surface area contributed by atoms with Crippen LogP contribution in [0.1, 0.15) is 5.69 Å². The number of anilines is 1. The largest absolute Gasteiger partial charge is 0.476 e. The molecule has 2 aliphatic rings. The van der Waals surface area contributed by atoms with Gasteiger partial charge >= 0.3 is 5.97 Å². The number of nitrogens with zero attached hydrogens (tertiary/aromatic N) is 4. The molecule has 0 aromatic carbocycles. The summed E-state index contributed by atoms with van der Waals surface area (Å²) < 4.78 is 23.8. The Morgan fingerprint density at radius 2 is 2.23 bits per heavy atom. The third-order valence-electron chi connectivity index (χ3n) is 4.24. The monoisotopic (exact) mass is 492 g/mol. The number of carbonyl (C=O) groups is 3. The Morgan fingerprint density at radius 1 is 1.52 bits per heavy atom. The number of carbonyl (C=O) groups excluding carboxylic acids is 2. The summed E-state index contributed by atoms with van der Waals surface area (Å²) in [6.07, 6.45) is 0.863. The molecule has 1 aromatic heterocycles. The third kappa shape index (κ3) is 4.63. The van der Waals surface area contributed by atoms with Gasteiger partial charge in [-0.2, -0.15) is 0 Å². The van der Waals surface area contributed by atoms with Crippen LogP contribution in [0.15, 0.2) is 21.1 Å². The molecule has 0 saturated carbocycles. The molecular formula is C15H17ClN6O7S2. The van der Waals surface area contributed by atoms with Crippen LogP contribution in [0.25, 0.3) is 0 Å². The highest BCUT2D eigenvalue weighted by Gasteiger charge is 2.50. The van der Waals surface area contributed by atoms with Gasteiger partial charge in [-0.25, -0.2) is 28.2 Å². The minimum atomic E-state index is -3.85. The van der Waals surface area contributed by atoms with Crippen LogP contribution in [0.2, 0.25) is 0 Å². The van der Waals surface area contributed by atoms with E-state index in [0.717, 1.165) is 22.6 Å². The van der Waals surface area contributed by atoms with Gasteiger partial charge in [-0.05, 0) is 0 Å². The van der Waals surface area contributed by atoms with Crippen molar-refractivity contribution < 1.29 is 32.7 Å². The van der Waals surface area contributed by atoms with Gasteiger partial charge in [-0.15, -0.1) is 22.9 Å². The van der Waals surface area contributed by atoms with Crippen molar-refractivity contribution in [2.24, 2.45) is 5.16 Å². The Balaban J connectivity index is 1.83. The maximum Gasteiger partial charge on any atom is 0.355 e. The number of halogens is 1. The molecule has 0 bridgehead atoms. The van der Waals surface area contributed by atoms with Crippen molar-refractivity contribution in [3.8, 4) is 0 Å². The summed E-state index contributed by atoms with van der Waals surface area (Å²) in [6.45, 7) is -0.431. The van der Waals surface area contributed by atoms with E-state index in [1.165, 1.54) is 10.4 Å². The Hall–Kier alpha value is -2.75. The molecule has 4 N–H and O–H groups in total. The van der Waals surface area contributed by atoms with Crippen molar-refractivity contribution in [3.63, 3.8) is 0 Å². The first-order chi connectivity index (χ1) is 14.5. The number of hydrazine groups is 1. The summed E-state index contributed by atoms with van der Waals surface area (Å²) in [5.74, 6) is -3.07. The molecule has 0 unspecified atom stereocenters. The predicted molar refractivity (Wildman–Crippen MR) is 110 cm³/mol. The zero-order valence-corrected chi connectivity index (χ0v) is 18.3. The smallest absolute Gasteiger partial charge is 0.355 e. The average Bonchev–Trinajstić information content (AvgIpc) is 3.34. The minimum Gasteiger partial charge on any atom is -0.476 e. The fourth-order valence-electron chi connectivity index (χ4n) is 2.99. The van der Waals surface area contributed by atoms with E-state index < -0.39 is 39.4 Å². The molecule has 0 spiro atoms. The van der Waals surface area contributed by atoms with Crippen LogP contribution >= 0.6 is 22.9 Å². The van der Waals surface area contributed by atoms with Crippen molar-refractivity contribution in [2.45, 2.75) is 6.04 Å². The minimum absolute atomic E-state index is 0.0168. The van der Waals surface area contributed by atoms with Gasteiger partial charge in [0, 0.05) is 18.2 Å². The first kappa shape index (κ1) is 22.9. The number of alkyl halides is 1. The third-order valence-corrected chi connectivity index (χ3v) is 6.29. The SMILES string of the molecule is CS(=O)(=O)C1=C(C(=O)O)N2C(=O)[C@@H](NC(=O)/C(=N/OCCCl)c3csc(N)n3)CN2C1. The van der Waals surface area contributed by atoms with Gasteiger partial charge in [0.25, 0.3) is 11.8 Å². The number of amides is 2. The van der Waals surface area contributed by atoms with Crippen LogP contribution < -0.4 is 11.1 Å². The lowest BCUT2D eigenvalue weighted by atomic mass is 10.2. The van der Waals surface area contributed by atoms with Crippen LogP contribution in [0.4, 0.5) is 5.13 Å². The van der Waals surface area contributed by atoms with E-state index in [0.29, 0.717) is 0 Å². The molecule has 3 heterocycles. The highest BCUT2D eigenvalue weighted by Crippen LogP contribution is 2.31. The fourth-order valence-corrected chi connectivity index (χ4v) is 4.51. The molecule has 2 aliphatic heterocycles. The summed E-state index contributed by atoms with van der Waals surface area (Å²) >= 11 is 6.59. The van der Waals surface area contributed by atoms with Gasteiger partial charge in [0.15, 0.2) is 26.4 Å². The lowest BCUT2D eigenvalue weighted by Gasteiger charge is -2.18. The topological polar surface area (TPSA) is 185 Å². The number of aliphatic carboxylic acids is 1. The summed E-state index contributed by atoms with van der Waals surface area (Å²) in [6, 6.07) is -1.16. The highest BCUT2D eigenvalue weighted by atomic mass is 35.5. The molecule has 1 saturated heterocycles. The molecule has 1 fully saturated rings. The second kappa shape index (κ2) is 8.78. The number of sulfone groups is 1. The van der Waals surface area contributed by atoms with Gasteiger partial charge < -0.3 is 21.0 Å². The number of rotatable bonds is 8. The highest BCUT2D eigenvalue weighted by molar-refractivity contribution is 7.94. The number of nitrogens with two attached hydrogens (primary N) is 1. The first-order valence-electron chi connectivity index (χ1n) is 8.58. The number of thiazole rings is 1. The van der Waals surface area contributed by atoms with Crippen LogP contribution in [0, 0.1) is 0 Å². The van der Waals surface area contributed by atoms with E-state index in [4.69, 9.17) is 22.2 Å². The summed E-state index contributed by atoms with van der Waals surface area (Å²) in [4.78, 5) is 45.7. The van der Waals surface area contributed by atoms with E-state index in [2.05, 4.69) is 15.5 Å². The van der Waals surface area contributed by atoms with Gasteiger partial charge in [0.2, 0.25) is 0 Å². The second-order valence-electron chi connectivity index (χ2n) is 6.41. The van der Waals surface area contributed by atoms with Crippen molar-refractivity contribution in [1.29, 1.82) is 0 Å². The molecule has 0 aliphatic carbocycles.